The van der Waals surface area contributed by atoms with Gasteiger partial charge >= 0.3 is 0 Å². The average Bonchev–Trinajstić information content (AvgIpc) is 2.62. The molecule has 0 fully saturated rings. The van der Waals surface area contributed by atoms with Gasteiger partial charge in [0.15, 0.2) is 14.9 Å². The number of aryl methyl sites for hydroxylation is 2. The highest BCUT2D eigenvalue weighted by Crippen LogP contribution is 2.17. The maximum absolute atomic E-state index is 12.3. The van der Waals surface area contributed by atoms with Gasteiger partial charge in [-0.15, -0.1) is 0 Å². The van der Waals surface area contributed by atoms with Crippen molar-refractivity contribution in [3.8, 4) is 0 Å². The lowest BCUT2D eigenvalue weighted by Gasteiger charge is -2.14. The van der Waals surface area contributed by atoms with E-state index in [4.69, 9.17) is 12.2 Å². The number of anilines is 1. The lowest BCUT2D eigenvalue weighted by Crippen LogP contribution is -2.44. The van der Waals surface area contributed by atoms with Crippen molar-refractivity contribution < 1.29 is 13.2 Å². The van der Waals surface area contributed by atoms with Crippen molar-refractivity contribution in [2.24, 2.45) is 0 Å². The number of hydrazine groups is 1. The van der Waals surface area contributed by atoms with Crippen LogP contribution in [0.15, 0.2) is 47.4 Å². The molecule has 0 saturated heterocycles. The van der Waals surface area contributed by atoms with Crippen molar-refractivity contribution in [2.45, 2.75) is 32.1 Å². The molecule has 0 aromatic heterocycles. The minimum Gasteiger partial charge on any atom is -0.331 e. The average molecular weight is 406 g/mol. The van der Waals surface area contributed by atoms with Crippen LogP contribution in [0.25, 0.3) is 0 Å². The van der Waals surface area contributed by atoms with Crippen LogP contribution in [0.4, 0.5) is 5.69 Å². The SMILES string of the molecule is Cc1ccc(S(=O)(=O)CCC(=O)NNC(=S)Nc2cccc(C)c2C)cc1. The number of hydrogen-bond acceptors (Lipinski definition) is 4. The van der Waals surface area contributed by atoms with Gasteiger partial charge in [-0.05, 0) is 62.3 Å². The number of hydrogen-bond donors (Lipinski definition) is 3. The first-order valence-corrected chi connectivity index (χ1v) is 10.5. The summed E-state index contributed by atoms with van der Waals surface area (Å²) in [6, 6.07) is 12.3. The fraction of sp³-hybridized carbons (Fsp3) is 0.263. The summed E-state index contributed by atoms with van der Waals surface area (Å²) in [5.74, 6) is -0.739. The van der Waals surface area contributed by atoms with Crippen molar-refractivity contribution in [1.82, 2.24) is 10.9 Å². The van der Waals surface area contributed by atoms with Crippen LogP contribution < -0.4 is 16.2 Å². The van der Waals surface area contributed by atoms with E-state index < -0.39 is 15.7 Å². The van der Waals surface area contributed by atoms with E-state index in [9.17, 15) is 13.2 Å². The zero-order valence-electron chi connectivity index (χ0n) is 15.5. The first kappa shape index (κ1) is 20.9. The molecule has 0 bridgehead atoms. The van der Waals surface area contributed by atoms with E-state index in [1.165, 1.54) is 0 Å². The molecule has 0 aliphatic rings. The number of benzene rings is 2. The van der Waals surface area contributed by atoms with Crippen LogP contribution in [0.1, 0.15) is 23.1 Å². The lowest BCUT2D eigenvalue weighted by molar-refractivity contribution is -0.121. The Balaban J connectivity index is 1.82. The van der Waals surface area contributed by atoms with Gasteiger partial charge in [-0.3, -0.25) is 15.6 Å². The molecule has 2 aromatic carbocycles. The molecule has 2 aromatic rings. The third kappa shape index (κ3) is 6.04. The predicted molar refractivity (Wildman–Crippen MR) is 111 cm³/mol. The normalized spacial score (nSPS) is 10.9. The van der Waals surface area contributed by atoms with Crippen LogP contribution in [0.3, 0.4) is 0 Å². The van der Waals surface area contributed by atoms with Crippen LogP contribution in [0.5, 0.6) is 0 Å². The number of sulfone groups is 1. The Labute approximate surface area is 165 Å². The summed E-state index contributed by atoms with van der Waals surface area (Å²) < 4.78 is 24.5. The second kappa shape index (κ2) is 8.96. The maximum Gasteiger partial charge on any atom is 0.239 e. The molecule has 3 N–H and O–H groups in total. The number of nitrogens with one attached hydrogen (secondary N) is 3. The molecule has 0 spiro atoms. The van der Waals surface area contributed by atoms with E-state index >= 15 is 0 Å². The van der Waals surface area contributed by atoms with Gasteiger partial charge in [-0.1, -0.05) is 29.8 Å². The van der Waals surface area contributed by atoms with Gasteiger partial charge in [0.2, 0.25) is 5.91 Å². The molecule has 144 valence electrons. The quantitative estimate of drug-likeness (QED) is 0.524. The van der Waals surface area contributed by atoms with Crippen molar-refractivity contribution in [2.75, 3.05) is 11.1 Å². The molecule has 0 saturated carbocycles. The Morgan fingerprint density at radius 1 is 1.00 bits per heavy atom. The third-order valence-corrected chi connectivity index (χ3v) is 6.08. The van der Waals surface area contributed by atoms with E-state index in [0.717, 1.165) is 22.4 Å². The molecule has 0 aliphatic heterocycles. The smallest absolute Gasteiger partial charge is 0.239 e. The van der Waals surface area contributed by atoms with Gasteiger partial charge in [-0.25, -0.2) is 8.42 Å². The fourth-order valence-corrected chi connectivity index (χ4v) is 3.72. The van der Waals surface area contributed by atoms with Crippen molar-refractivity contribution in [3.05, 3.63) is 59.2 Å². The van der Waals surface area contributed by atoms with Gasteiger partial charge in [0, 0.05) is 12.1 Å². The third-order valence-electron chi connectivity index (χ3n) is 4.15. The zero-order valence-corrected chi connectivity index (χ0v) is 17.1. The molecule has 2 rings (SSSR count). The van der Waals surface area contributed by atoms with E-state index in [-0.39, 0.29) is 22.2 Å². The van der Waals surface area contributed by atoms with Crippen LogP contribution >= 0.6 is 12.2 Å². The Bertz CT molecular complexity index is 939. The summed E-state index contributed by atoms with van der Waals surface area (Å²) >= 11 is 5.15. The Morgan fingerprint density at radius 3 is 2.33 bits per heavy atom. The summed E-state index contributed by atoms with van der Waals surface area (Å²) in [5, 5.41) is 3.22. The van der Waals surface area contributed by atoms with Crippen molar-refractivity contribution in [3.63, 3.8) is 0 Å². The monoisotopic (exact) mass is 405 g/mol. The molecule has 0 radical (unpaired) electrons. The highest BCUT2D eigenvalue weighted by molar-refractivity contribution is 7.91. The zero-order chi connectivity index (χ0) is 20.0. The molecule has 8 heteroatoms. The molecule has 0 unspecified atom stereocenters. The van der Waals surface area contributed by atoms with Gasteiger partial charge in [0.1, 0.15) is 0 Å². The van der Waals surface area contributed by atoms with E-state index in [1.807, 2.05) is 39.0 Å². The Hall–Kier alpha value is -2.45. The molecule has 0 heterocycles. The molecule has 0 atom stereocenters. The second-order valence-corrected chi connectivity index (χ2v) is 8.77. The molecule has 0 aliphatic carbocycles. The van der Waals surface area contributed by atoms with Gasteiger partial charge in [0.05, 0.1) is 10.6 Å². The largest absolute Gasteiger partial charge is 0.331 e. The highest BCUT2D eigenvalue weighted by Gasteiger charge is 2.16. The summed E-state index contributed by atoms with van der Waals surface area (Å²) in [6.45, 7) is 5.84. The van der Waals surface area contributed by atoms with Gasteiger partial charge < -0.3 is 5.32 Å². The van der Waals surface area contributed by atoms with Crippen molar-refractivity contribution in [1.29, 1.82) is 0 Å². The topological polar surface area (TPSA) is 87.3 Å². The highest BCUT2D eigenvalue weighted by atomic mass is 32.2. The first-order chi connectivity index (χ1) is 12.7. The Morgan fingerprint density at radius 2 is 1.67 bits per heavy atom. The van der Waals surface area contributed by atoms with Crippen LogP contribution in [0, 0.1) is 20.8 Å². The molecule has 1 amide bonds. The minimum absolute atomic E-state index is 0.171. The number of carbonyl (C=O) groups is 1. The van der Waals surface area contributed by atoms with E-state index in [0.29, 0.717) is 0 Å². The number of amides is 1. The molecule has 27 heavy (non-hydrogen) atoms. The lowest BCUT2D eigenvalue weighted by atomic mass is 10.1. The molecule has 6 nitrogen and oxygen atoms in total. The molecular weight excluding hydrogens is 382 g/mol. The summed E-state index contributed by atoms with van der Waals surface area (Å²) in [6.07, 6.45) is -0.171. The first-order valence-electron chi connectivity index (χ1n) is 8.40. The Kier molecular flexibility index (Phi) is 6.92. The van der Waals surface area contributed by atoms with E-state index in [1.54, 1.807) is 24.3 Å². The minimum atomic E-state index is -3.51. The second-order valence-electron chi connectivity index (χ2n) is 6.26. The maximum atomic E-state index is 12.3. The summed E-state index contributed by atoms with van der Waals surface area (Å²) in [5.41, 5.74) is 8.98. The van der Waals surface area contributed by atoms with E-state index in [2.05, 4.69) is 16.2 Å². The van der Waals surface area contributed by atoms with Gasteiger partial charge in [-0.2, -0.15) is 0 Å². The summed E-state index contributed by atoms with van der Waals surface area (Å²) in [7, 11) is -3.51. The number of thiocarbonyl (C=S) groups is 1. The standard InChI is InChI=1S/C19H23N3O3S2/c1-13-7-9-16(10-8-13)27(24,25)12-11-18(23)21-22-19(26)20-17-6-4-5-14(2)15(17)3/h4-10H,11-12H2,1-3H3,(H,21,23)(H2,20,22,26). The van der Waals surface area contributed by atoms with Crippen molar-refractivity contribution >= 4 is 38.8 Å². The predicted octanol–water partition coefficient (Wildman–Crippen LogP) is 2.79. The van der Waals surface area contributed by atoms with Crippen LogP contribution in [-0.2, 0) is 14.6 Å². The number of carbonyl (C=O) groups excluding carboxylic acids is 1. The fourth-order valence-electron chi connectivity index (χ4n) is 2.32. The summed E-state index contributed by atoms with van der Waals surface area (Å²) in [4.78, 5) is 12.1. The van der Waals surface area contributed by atoms with Crippen LogP contribution in [-0.4, -0.2) is 25.2 Å². The van der Waals surface area contributed by atoms with Crippen LogP contribution in [0.2, 0.25) is 0 Å². The molecular formula is C19H23N3O3S2. The number of rotatable bonds is 5. The van der Waals surface area contributed by atoms with Gasteiger partial charge in [0.25, 0.3) is 0 Å².